The Kier molecular flexibility index (Phi) is 10.4. The molecule has 6 atom stereocenters. The number of ether oxygens (including phenoxy) is 1. The lowest BCUT2D eigenvalue weighted by Crippen LogP contribution is -2.62. The van der Waals surface area contributed by atoms with Crippen LogP contribution in [0.15, 0.2) is 60.7 Å². The Hall–Kier alpha value is -3.86. The van der Waals surface area contributed by atoms with Crippen LogP contribution in [0.3, 0.4) is 0 Å². The molecule has 46 heavy (non-hydrogen) atoms. The van der Waals surface area contributed by atoms with Crippen molar-refractivity contribution in [3.05, 3.63) is 71.8 Å². The summed E-state index contributed by atoms with van der Waals surface area (Å²) in [6.45, 7) is 10.7. The molecule has 1 saturated heterocycles. The average molecular weight is 632 g/mol. The molecule has 3 saturated carbocycles. The SMILES string of the molecule is CC(C)C[C@H](NC(=O)OCc1ccccc1)C(=O)NC(B1OC(=O)CN([C@H]2C[C@@H]3C[C@H]([C@H]2C)C3(C)C)CC(=O)O1)c1ccccc1. The molecule has 2 aromatic rings. The van der Waals surface area contributed by atoms with Crippen LogP contribution in [0.4, 0.5) is 4.79 Å². The minimum atomic E-state index is -1.39. The summed E-state index contributed by atoms with van der Waals surface area (Å²) in [6, 6.07) is 17.3. The van der Waals surface area contributed by atoms with E-state index in [2.05, 4.69) is 31.4 Å². The van der Waals surface area contributed by atoms with E-state index in [9.17, 15) is 19.2 Å². The van der Waals surface area contributed by atoms with Crippen molar-refractivity contribution in [1.82, 2.24) is 15.5 Å². The predicted molar refractivity (Wildman–Crippen MR) is 173 cm³/mol. The third-order valence-corrected chi connectivity index (χ3v) is 10.2. The van der Waals surface area contributed by atoms with Crippen molar-refractivity contribution in [2.45, 2.75) is 78.5 Å². The predicted octanol–water partition coefficient (Wildman–Crippen LogP) is 4.69. The molecule has 0 aromatic heterocycles. The molecule has 1 aliphatic heterocycles. The number of carbonyl (C=O) groups excluding carboxylic acids is 4. The van der Waals surface area contributed by atoms with E-state index >= 15 is 0 Å². The average Bonchev–Trinajstić information content (AvgIpc) is 3.01. The largest absolute Gasteiger partial charge is 0.627 e. The number of nitrogens with one attached hydrogen (secondary N) is 2. The van der Waals surface area contributed by atoms with Gasteiger partial charge in [-0.15, -0.1) is 0 Å². The molecular weight excluding hydrogens is 585 g/mol. The first kappa shape index (κ1) is 33.5. The number of carbonyl (C=O) groups is 4. The van der Waals surface area contributed by atoms with Gasteiger partial charge in [-0.05, 0) is 59.5 Å². The van der Waals surface area contributed by atoms with Gasteiger partial charge in [0.05, 0.1) is 13.1 Å². The Labute approximate surface area is 272 Å². The summed E-state index contributed by atoms with van der Waals surface area (Å²) >= 11 is 0. The maximum absolute atomic E-state index is 13.7. The Balaban J connectivity index is 1.28. The van der Waals surface area contributed by atoms with Gasteiger partial charge in [0.2, 0.25) is 5.91 Å². The number of nitrogens with zero attached hydrogens (tertiary/aromatic N) is 1. The van der Waals surface area contributed by atoms with Crippen molar-refractivity contribution in [1.29, 1.82) is 0 Å². The molecular formula is C35H46BN3O7. The molecule has 0 radical (unpaired) electrons. The number of hydrogen-bond donors (Lipinski definition) is 2. The zero-order valence-corrected chi connectivity index (χ0v) is 27.4. The first-order valence-corrected chi connectivity index (χ1v) is 16.4. The standard InChI is InChI=1S/C35H46BN3O7/c1-22(2)16-28(37-34(43)44-21-24-12-8-6-9-13-24)33(42)38-32(25-14-10-7-11-15-25)36-45-30(40)19-39(20-31(41)46-36)29-18-26-17-27(23(29)3)35(26,4)5/h6-15,22-23,26-29,32H,16-21H2,1-5H3,(H,37,43)(H,38,42)/t23-,26+,27-,28+,29+,32?/m1/s1. The zero-order valence-electron chi connectivity index (χ0n) is 27.4. The fourth-order valence-electron chi connectivity index (χ4n) is 7.55. The Morgan fingerprint density at radius 1 is 0.957 bits per heavy atom. The zero-order chi connectivity index (χ0) is 33.0. The Morgan fingerprint density at radius 2 is 1.57 bits per heavy atom. The highest BCUT2D eigenvalue weighted by Crippen LogP contribution is 2.62. The lowest BCUT2D eigenvalue weighted by atomic mass is 9.44. The lowest BCUT2D eigenvalue weighted by Gasteiger charge is -2.63. The summed E-state index contributed by atoms with van der Waals surface area (Å²) in [7, 11) is -1.39. The van der Waals surface area contributed by atoms with Crippen molar-refractivity contribution in [2.75, 3.05) is 13.1 Å². The van der Waals surface area contributed by atoms with Gasteiger partial charge in [0.1, 0.15) is 18.6 Å². The van der Waals surface area contributed by atoms with Gasteiger partial charge >= 0.3 is 25.2 Å². The van der Waals surface area contributed by atoms with Crippen molar-refractivity contribution in [2.24, 2.45) is 29.1 Å². The van der Waals surface area contributed by atoms with Crippen LogP contribution in [-0.2, 0) is 35.0 Å². The summed E-state index contributed by atoms with van der Waals surface area (Å²) in [5, 5.41) is 5.58. The van der Waals surface area contributed by atoms with E-state index < -0.39 is 43.0 Å². The summed E-state index contributed by atoms with van der Waals surface area (Å²) in [6.07, 6.45) is 1.70. The van der Waals surface area contributed by atoms with Gasteiger partial charge in [-0.1, -0.05) is 95.3 Å². The summed E-state index contributed by atoms with van der Waals surface area (Å²) < 4.78 is 17.0. The van der Waals surface area contributed by atoms with Gasteiger partial charge in [-0.25, -0.2) is 4.79 Å². The number of rotatable bonds is 10. The van der Waals surface area contributed by atoms with Gasteiger partial charge in [-0.3, -0.25) is 19.3 Å². The monoisotopic (exact) mass is 631 g/mol. The van der Waals surface area contributed by atoms with Crippen LogP contribution in [0.1, 0.15) is 70.9 Å². The second-order valence-corrected chi connectivity index (χ2v) is 14.1. The topological polar surface area (TPSA) is 123 Å². The second kappa shape index (κ2) is 14.3. The highest BCUT2D eigenvalue weighted by atomic mass is 16.6. The first-order chi connectivity index (χ1) is 21.9. The molecule has 2 aromatic carbocycles. The molecule has 1 heterocycles. The molecule has 1 unspecified atom stereocenters. The van der Waals surface area contributed by atoms with E-state index in [0.717, 1.165) is 12.0 Å². The molecule has 4 fully saturated rings. The molecule has 4 aliphatic rings. The van der Waals surface area contributed by atoms with Gasteiger partial charge in [0, 0.05) is 6.04 Å². The molecule has 3 aliphatic carbocycles. The second-order valence-electron chi connectivity index (χ2n) is 14.1. The number of hydrogen-bond acceptors (Lipinski definition) is 8. The number of alkyl carbamates (subject to hydrolysis) is 1. The van der Waals surface area contributed by atoms with E-state index in [-0.39, 0.29) is 37.1 Å². The van der Waals surface area contributed by atoms with Crippen LogP contribution in [0.2, 0.25) is 0 Å². The molecule has 11 heteroatoms. The van der Waals surface area contributed by atoms with Crippen LogP contribution in [0, 0.1) is 29.1 Å². The molecule has 2 N–H and O–H groups in total. The van der Waals surface area contributed by atoms with Crippen molar-refractivity contribution in [3.8, 4) is 0 Å². The normalized spacial score (nSPS) is 25.6. The van der Waals surface area contributed by atoms with E-state index in [4.69, 9.17) is 14.0 Å². The third kappa shape index (κ3) is 7.74. The van der Waals surface area contributed by atoms with Crippen molar-refractivity contribution >= 4 is 31.1 Å². The van der Waals surface area contributed by atoms with Crippen molar-refractivity contribution in [3.63, 3.8) is 0 Å². The van der Waals surface area contributed by atoms with Crippen LogP contribution in [0.5, 0.6) is 0 Å². The van der Waals surface area contributed by atoms with Gasteiger partial charge in [0.25, 0.3) is 0 Å². The minimum absolute atomic E-state index is 0.0410. The molecule has 6 rings (SSSR count). The maximum atomic E-state index is 13.7. The molecule has 2 bridgehead atoms. The summed E-state index contributed by atoms with van der Waals surface area (Å²) in [5.41, 5.74) is 1.67. The van der Waals surface area contributed by atoms with E-state index in [1.165, 1.54) is 6.42 Å². The van der Waals surface area contributed by atoms with Crippen LogP contribution in [-0.4, -0.2) is 61.1 Å². The number of fused-ring (bicyclic) bond motifs is 2. The fourth-order valence-corrected chi connectivity index (χ4v) is 7.55. The van der Waals surface area contributed by atoms with Gasteiger partial charge in [-0.2, -0.15) is 0 Å². The van der Waals surface area contributed by atoms with Crippen LogP contribution < -0.4 is 10.6 Å². The highest BCUT2D eigenvalue weighted by molar-refractivity contribution is 6.51. The Morgan fingerprint density at radius 3 is 2.13 bits per heavy atom. The fraction of sp³-hybridized carbons (Fsp3) is 0.543. The van der Waals surface area contributed by atoms with E-state index in [1.807, 2.05) is 55.1 Å². The molecule has 10 nitrogen and oxygen atoms in total. The summed E-state index contributed by atoms with van der Waals surface area (Å²) in [5.74, 6) is -1.09. The number of benzene rings is 2. The Bertz CT molecular complexity index is 1370. The van der Waals surface area contributed by atoms with Crippen LogP contribution in [0.25, 0.3) is 0 Å². The lowest BCUT2D eigenvalue weighted by molar-refractivity contribution is -0.161. The minimum Gasteiger partial charge on any atom is -0.497 e. The van der Waals surface area contributed by atoms with Crippen molar-refractivity contribution < 1.29 is 33.2 Å². The maximum Gasteiger partial charge on any atom is 0.627 e. The first-order valence-electron chi connectivity index (χ1n) is 16.4. The van der Waals surface area contributed by atoms with Crippen LogP contribution >= 0.6 is 0 Å². The van der Waals surface area contributed by atoms with E-state index in [0.29, 0.717) is 29.7 Å². The third-order valence-electron chi connectivity index (χ3n) is 10.2. The molecule has 246 valence electrons. The summed E-state index contributed by atoms with van der Waals surface area (Å²) in [4.78, 5) is 55.0. The number of amides is 2. The smallest absolute Gasteiger partial charge is 0.497 e. The molecule has 2 amide bonds. The van der Waals surface area contributed by atoms with Gasteiger partial charge < -0.3 is 24.7 Å². The highest BCUT2D eigenvalue weighted by Gasteiger charge is 2.57. The van der Waals surface area contributed by atoms with E-state index in [1.54, 1.807) is 24.3 Å². The quantitative estimate of drug-likeness (QED) is 0.363. The molecule has 0 spiro atoms. The van der Waals surface area contributed by atoms with Gasteiger partial charge in [0.15, 0.2) is 0 Å².